The summed E-state index contributed by atoms with van der Waals surface area (Å²) in [7, 11) is 0. The molecule has 23 heavy (non-hydrogen) atoms. The quantitative estimate of drug-likeness (QED) is 0.810. The zero-order chi connectivity index (χ0) is 16.9. The third-order valence-corrected chi connectivity index (χ3v) is 4.53. The van der Waals surface area contributed by atoms with Gasteiger partial charge in [0.15, 0.2) is 5.54 Å². The Hall–Kier alpha value is -1.88. The lowest BCUT2D eigenvalue weighted by atomic mass is 9.87. The van der Waals surface area contributed by atoms with E-state index in [0.717, 1.165) is 12.8 Å². The van der Waals surface area contributed by atoms with Gasteiger partial charge in [0, 0.05) is 6.42 Å². The lowest BCUT2D eigenvalue weighted by molar-refractivity contribution is -0.148. The van der Waals surface area contributed by atoms with E-state index in [9.17, 15) is 14.7 Å². The minimum absolute atomic E-state index is 0.105. The van der Waals surface area contributed by atoms with Crippen LogP contribution in [0.2, 0.25) is 0 Å². The van der Waals surface area contributed by atoms with Crippen molar-refractivity contribution < 1.29 is 19.4 Å². The summed E-state index contributed by atoms with van der Waals surface area (Å²) in [6.07, 6.45) is 3.53. The fraction of sp³-hybridized carbons (Fsp3) is 0.556. The van der Waals surface area contributed by atoms with Gasteiger partial charge in [-0.15, -0.1) is 0 Å². The van der Waals surface area contributed by atoms with Crippen LogP contribution in [0.5, 0.6) is 0 Å². The molecule has 0 spiro atoms. The van der Waals surface area contributed by atoms with Crippen molar-refractivity contribution in [2.45, 2.75) is 63.7 Å². The van der Waals surface area contributed by atoms with Gasteiger partial charge in [0.1, 0.15) is 0 Å². The van der Waals surface area contributed by atoms with Crippen molar-refractivity contribution in [3.05, 3.63) is 35.9 Å². The summed E-state index contributed by atoms with van der Waals surface area (Å²) >= 11 is 0. The minimum Gasteiger partial charge on any atom is -0.479 e. The van der Waals surface area contributed by atoms with Gasteiger partial charge in [-0.1, -0.05) is 37.3 Å². The molecule has 0 saturated carbocycles. The number of rotatable bonds is 7. The van der Waals surface area contributed by atoms with Crippen molar-refractivity contribution in [2.75, 3.05) is 0 Å². The van der Waals surface area contributed by atoms with Crippen molar-refractivity contribution in [3.8, 4) is 0 Å². The zero-order valence-corrected chi connectivity index (χ0v) is 13.7. The summed E-state index contributed by atoms with van der Waals surface area (Å²) < 4.78 is 5.70. The Balaban J connectivity index is 2.03. The summed E-state index contributed by atoms with van der Waals surface area (Å²) in [4.78, 5) is 24.2. The molecule has 2 N–H and O–H groups in total. The first kappa shape index (κ1) is 17.5. The zero-order valence-electron chi connectivity index (χ0n) is 13.7. The van der Waals surface area contributed by atoms with Crippen LogP contribution < -0.4 is 5.32 Å². The van der Waals surface area contributed by atoms with Crippen molar-refractivity contribution in [3.63, 3.8) is 0 Å². The number of hydrogen-bond acceptors (Lipinski definition) is 3. The highest BCUT2D eigenvalue weighted by molar-refractivity contribution is 5.88. The van der Waals surface area contributed by atoms with Gasteiger partial charge in [-0.05, 0) is 38.2 Å². The Kier molecular flexibility index (Phi) is 5.77. The number of amides is 1. The van der Waals surface area contributed by atoms with E-state index in [1.54, 1.807) is 31.2 Å². The molecule has 1 aromatic carbocycles. The lowest BCUT2D eigenvalue weighted by Crippen LogP contribution is -2.51. The predicted molar refractivity (Wildman–Crippen MR) is 87.0 cm³/mol. The van der Waals surface area contributed by atoms with Gasteiger partial charge in [-0.2, -0.15) is 0 Å². The van der Waals surface area contributed by atoms with E-state index in [-0.39, 0.29) is 31.0 Å². The molecule has 0 aliphatic carbocycles. The topological polar surface area (TPSA) is 75.6 Å². The highest BCUT2D eigenvalue weighted by Crippen LogP contribution is 2.27. The van der Waals surface area contributed by atoms with E-state index >= 15 is 0 Å². The van der Waals surface area contributed by atoms with Gasteiger partial charge in [-0.3, -0.25) is 4.79 Å². The maximum atomic E-state index is 12.3. The molecule has 1 saturated heterocycles. The summed E-state index contributed by atoms with van der Waals surface area (Å²) in [5, 5.41) is 12.4. The second-order valence-electron chi connectivity index (χ2n) is 6.16. The number of nitrogens with one attached hydrogen (secondary N) is 1. The van der Waals surface area contributed by atoms with Crippen LogP contribution in [0.3, 0.4) is 0 Å². The largest absolute Gasteiger partial charge is 0.479 e. The van der Waals surface area contributed by atoms with Crippen molar-refractivity contribution >= 4 is 11.9 Å². The monoisotopic (exact) mass is 319 g/mol. The molecular weight excluding hydrogens is 294 g/mol. The Morgan fingerprint density at radius 3 is 2.52 bits per heavy atom. The van der Waals surface area contributed by atoms with Gasteiger partial charge in [0.05, 0.1) is 12.2 Å². The van der Waals surface area contributed by atoms with Gasteiger partial charge in [0.2, 0.25) is 5.91 Å². The number of carbonyl (C=O) groups excluding carboxylic acids is 1. The molecule has 3 unspecified atom stereocenters. The van der Waals surface area contributed by atoms with Crippen LogP contribution in [-0.4, -0.2) is 29.2 Å². The fourth-order valence-corrected chi connectivity index (χ4v) is 3.11. The fourth-order valence-electron chi connectivity index (χ4n) is 3.11. The number of aliphatic carboxylic acids is 1. The number of hydrogen-bond donors (Lipinski definition) is 2. The van der Waals surface area contributed by atoms with Gasteiger partial charge in [0.25, 0.3) is 0 Å². The van der Waals surface area contributed by atoms with Crippen molar-refractivity contribution in [1.29, 1.82) is 0 Å². The Morgan fingerprint density at radius 1 is 1.30 bits per heavy atom. The summed E-state index contributed by atoms with van der Waals surface area (Å²) in [6.45, 7) is 3.80. The third-order valence-electron chi connectivity index (χ3n) is 4.53. The highest BCUT2D eigenvalue weighted by atomic mass is 16.5. The van der Waals surface area contributed by atoms with Crippen LogP contribution in [-0.2, 0) is 19.9 Å². The van der Waals surface area contributed by atoms with Gasteiger partial charge in [-0.25, -0.2) is 4.79 Å². The van der Waals surface area contributed by atoms with Crippen molar-refractivity contribution in [1.82, 2.24) is 5.32 Å². The van der Waals surface area contributed by atoms with E-state index in [0.29, 0.717) is 12.0 Å². The van der Waals surface area contributed by atoms with Crippen LogP contribution in [0, 0.1) is 0 Å². The van der Waals surface area contributed by atoms with Crippen molar-refractivity contribution in [2.24, 2.45) is 0 Å². The maximum Gasteiger partial charge on any atom is 0.334 e. The molecule has 0 bridgehead atoms. The highest BCUT2D eigenvalue weighted by Gasteiger charge is 2.40. The molecule has 1 amide bonds. The molecular formula is C18H25NO4. The Morgan fingerprint density at radius 2 is 2.00 bits per heavy atom. The van der Waals surface area contributed by atoms with Crippen LogP contribution in [0.1, 0.15) is 51.5 Å². The molecule has 1 fully saturated rings. The normalized spacial score (nSPS) is 23.2. The van der Waals surface area contributed by atoms with Gasteiger partial charge < -0.3 is 15.2 Å². The average Bonchev–Trinajstić information content (AvgIpc) is 2.97. The molecule has 3 atom stereocenters. The maximum absolute atomic E-state index is 12.3. The molecule has 0 radical (unpaired) electrons. The molecule has 5 nitrogen and oxygen atoms in total. The number of ether oxygens (including phenoxy) is 1. The van der Waals surface area contributed by atoms with Crippen LogP contribution in [0.25, 0.3) is 0 Å². The predicted octanol–water partition coefficient (Wildman–Crippen LogP) is 2.84. The SMILES string of the molecule is CCC(NC(=O)CCC1CCC(C)O1)(C(=O)O)c1ccccc1. The first-order chi connectivity index (χ1) is 11.0. The second kappa shape index (κ2) is 7.59. The summed E-state index contributed by atoms with van der Waals surface area (Å²) in [5.74, 6) is -1.29. The molecule has 0 aromatic heterocycles. The smallest absolute Gasteiger partial charge is 0.334 e. The second-order valence-corrected chi connectivity index (χ2v) is 6.16. The van der Waals surface area contributed by atoms with Crippen LogP contribution in [0.4, 0.5) is 0 Å². The first-order valence-corrected chi connectivity index (χ1v) is 8.23. The van der Waals surface area contributed by atoms with E-state index < -0.39 is 11.5 Å². The van der Waals surface area contributed by atoms with Gasteiger partial charge >= 0.3 is 5.97 Å². The summed E-state index contributed by atoms with van der Waals surface area (Å²) in [5.41, 5.74) is -0.781. The molecule has 126 valence electrons. The number of carboxylic acids is 1. The van der Waals surface area contributed by atoms with Crippen LogP contribution in [0.15, 0.2) is 30.3 Å². The standard InChI is InChI=1S/C18H25NO4/c1-3-18(17(21)22,14-7-5-4-6-8-14)19-16(20)12-11-15-10-9-13(2)23-15/h4-8,13,15H,3,9-12H2,1-2H3,(H,19,20)(H,21,22). The summed E-state index contributed by atoms with van der Waals surface area (Å²) in [6, 6.07) is 8.86. The van der Waals surface area contributed by atoms with E-state index in [4.69, 9.17) is 4.74 Å². The molecule has 1 aliphatic rings. The first-order valence-electron chi connectivity index (χ1n) is 8.23. The lowest BCUT2D eigenvalue weighted by Gasteiger charge is -2.30. The average molecular weight is 319 g/mol. The van der Waals surface area contributed by atoms with E-state index in [1.807, 2.05) is 13.0 Å². The van der Waals surface area contributed by atoms with E-state index in [1.165, 1.54) is 0 Å². The number of carboxylic acid groups (broad SMARTS) is 1. The molecule has 5 heteroatoms. The van der Waals surface area contributed by atoms with E-state index in [2.05, 4.69) is 5.32 Å². The molecule has 1 aliphatic heterocycles. The number of carbonyl (C=O) groups is 2. The Labute approximate surface area is 137 Å². The Bertz CT molecular complexity index is 545. The molecule has 2 rings (SSSR count). The van der Waals surface area contributed by atoms with Crippen LogP contribution >= 0.6 is 0 Å². The molecule has 1 heterocycles. The minimum atomic E-state index is -1.37. The molecule has 1 aromatic rings. The number of benzene rings is 1. The third kappa shape index (κ3) is 4.10.